The van der Waals surface area contributed by atoms with E-state index in [9.17, 15) is 9.90 Å². The van der Waals surface area contributed by atoms with Crippen LogP contribution >= 0.6 is 0 Å². The van der Waals surface area contributed by atoms with Crippen molar-refractivity contribution in [3.05, 3.63) is 48.3 Å². The van der Waals surface area contributed by atoms with Gasteiger partial charge in [0, 0.05) is 6.42 Å². The maximum absolute atomic E-state index is 10.1. The molecule has 1 N–H and O–H groups in total. The summed E-state index contributed by atoms with van der Waals surface area (Å²) < 4.78 is 0. The van der Waals surface area contributed by atoms with Crippen molar-refractivity contribution >= 4 is 11.8 Å². The molecule has 0 aromatic heterocycles. The second kappa shape index (κ2) is 6.60. The summed E-state index contributed by atoms with van der Waals surface area (Å²) in [6.07, 6.45) is 4.95. The molecule has 0 fully saturated rings. The zero-order chi connectivity index (χ0) is 12.7. The highest BCUT2D eigenvalue weighted by Gasteiger charge is 2.09. The van der Waals surface area contributed by atoms with Crippen LogP contribution in [0.3, 0.4) is 0 Å². The Morgan fingerprint density at radius 3 is 2.29 bits per heavy atom. The molecule has 1 heterocycles. The minimum Gasteiger partial charge on any atom is -0.545 e. The molecule has 2 rings (SSSR count). The smallest absolute Gasteiger partial charge is 0.205 e. The number of aromatic carboxylic acids is 1. The van der Waals surface area contributed by atoms with Crippen LogP contribution in [0.1, 0.15) is 23.7 Å². The Labute approximate surface area is 101 Å². The summed E-state index contributed by atoms with van der Waals surface area (Å²) in [7, 11) is 2.09. The number of nitrogens with one attached hydrogen (secondary N) is 1. The van der Waals surface area contributed by atoms with Crippen LogP contribution < -0.4 is 10.0 Å². The average Bonchev–Trinajstić information content (AvgIpc) is 2.76. The van der Waals surface area contributed by atoms with Crippen molar-refractivity contribution in [2.75, 3.05) is 7.05 Å². The molecule has 0 aliphatic carbocycles. The van der Waals surface area contributed by atoms with Crippen LogP contribution in [-0.2, 0) is 0 Å². The molecule has 0 bridgehead atoms. The molecule has 0 saturated heterocycles. The third-order valence-electron chi connectivity index (χ3n) is 2.35. The fourth-order valence-electron chi connectivity index (χ4n) is 1.38. The van der Waals surface area contributed by atoms with Crippen molar-refractivity contribution in [3.63, 3.8) is 0 Å². The van der Waals surface area contributed by atoms with Crippen LogP contribution in [0, 0.1) is 0 Å². The lowest BCUT2D eigenvalue weighted by molar-refractivity contribution is -0.719. The number of carboxylic acid groups (broad SMARTS) is 1. The van der Waals surface area contributed by atoms with Crippen molar-refractivity contribution in [3.8, 4) is 0 Å². The molecule has 1 aromatic carbocycles. The summed E-state index contributed by atoms with van der Waals surface area (Å²) in [5, 5.41) is 10.1. The first-order chi connectivity index (χ1) is 8.15. The normalized spacial score (nSPS) is 17.1. The van der Waals surface area contributed by atoms with Crippen LogP contribution in [0.4, 0.5) is 0 Å². The number of carbonyl (C=O) groups is 1. The molecule has 17 heavy (non-hydrogen) atoms. The van der Waals surface area contributed by atoms with Crippen molar-refractivity contribution in [1.29, 1.82) is 0 Å². The Morgan fingerprint density at radius 1 is 1.35 bits per heavy atom. The number of rotatable bonds is 2. The van der Waals surface area contributed by atoms with E-state index in [0.717, 1.165) is 6.42 Å². The van der Waals surface area contributed by atoms with Crippen molar-refractivity contribution in [1.82, 2.24) is 0 Å². The van der Waals surface area contributed by atoms with Gasteiger partial charge in [-0.1, -0.05) is 37.3 Å². The fourth-order valence-corrected chi connectivity index (χ4v) is 1.38. The molecule has 1 aromatic rings. The van der Waals surface area contributed by atoms with Gasteiger partial charge in [-0.25, -0.2) is 4.99 Å². The summed E-state index contributed by atoms with van der Waals surface area (Å²) in [5.41, 5.74) is 0.220. The van der Waals surface area contributed by atoms with E-state index in [4.69, 9.17) is 0 Å². The van der Waals surface area contributed by atoms with Gasteiger partial charge in [-0.05, 0) is 5.56 Å². The predicted molar refractivity (Wildman–Crippen MR) is 64.5 cm³/mol. The number of hydrogen-bond donors (Lipinski definition) is 1. The Hall–Kier alpha value is -1.94. The lowest BCUT2D eigenvalue weighted by atomic mass is 10.2. The summed E-state index contributed by atoms with van der Waals surface area (Å²) in [6.45, 7) is 2.12. The molecule has 1 unspecified atom stereocenters. The maximum atomic E-state index is 10.1. The average molecular weight is 232 g/mol. The van der Waals surface area contributed by atoms with E-state index < -0.39 is 5.97 Å². The Balaban J connectivity index is 0.000000171. The van der Waals surface area contributed by atoms with E-state index in [2.05, 4.69) is 19.0 Å². The largest absolute Gasteiger partial charge is 0.545 e. The number of nitrogens with zero attached hydrogens (tertiary/aromatic N) is 1. The van der Waals surface area contributed by atoms with Crippen LogP contribution in [0.2, 0.25) is 0 Å². The van der Waals surface area contributed by atoms with E-state index in [1.54, 1.807) is 18.2 Å². The second-order valence-electron chi connectivity index (χ2n) is 3.58. The quantitative estimate of drug-likeness (QED) is 0.770. The molecule has 0 spiro atoms. The zero-order valence-corrected chi connectivity index (χ0v) is 10.0. The highest BCUT2D eigenvalue weighted by atomic mass is 16.4. The van der Waals surface area contributed by atoms with Gasteiger partial charge in [-0.2, -0.15) is 0 Å². The maximum Gasteiger partial charge on any atom is 0.205 e. The Morgan fingerprint density at radius 2 is 2.00 bits per heavy atom. The molecule has 4 heteroatoms. The summed E-state index contributed by atoms with van der Waals surface area (Å²) >= 11 is 0. The molecule has 1 atom stereocenters. The molecule has 0 amide bonds. The summed E-state index contributed by atoms with van der Waals surface area (Å²) in [5.74, 6) is 0.0978. The van der Waals surface area contributed by atoms with Gasteiger partial charge in [0.15, 0.2) is 0 Å². The number of hydrogen-bond acceptors (Lipinski definition) is 3. The van der Waals surface area contributed by atoms with E-state index >= 15 is 0 Å². The SMILES string of the molecule is CCC1=NC=C[NH+]1C.O=C([O-])c1ccccc1. The number of carbonyl (C=O) groups excluding carboxylic acids is 1. The zero-order valence-electron chi connectivity index (χ0n) is 10.0. The van der Waals surface area contributed by atoms with Crippen LogP contribution in [0.5, 0.6) is 0 Å². The summed E-state index contributed by atoms with van der Waals surface area (Å²) in [4.78, 5) is 15.5. The topological polar surface area (TPSA) is 56.9 Å². The third-order valence-corrected chi connectivity index (χ3v) is 2.35. The number of aliphatic imine (C=N–C) groups is 1. The minimum absolute atomic E-state index is 0.220. The molecule has 0 radical (unpaired) electrons. The highest BCUT2D eigenvalue weighted by Crippen LogP contribution is 1.94. The molecular weight excluding hydrogens is 216 g/mol. The number of benzene rings is 1. The second-order valence-corrected chi connectivity index (χ2v) is 3.58. The van der Waals surface area contributed by atoms with Gasteiger partial charge >= 0.3 is 0 Å². The first kappa shape index (κ1) is 13.1. The first-order valence-corrected chi connectivity index (χ1v) is 5.48. The van der Waals surface area contributed by atoms with Gasteiger partial charge in [-0.15, -0.1) is 0 Å². The Kier molecular flexibility index (Phi) is 5.10. The minimum atomic E-state index is -1.13. The van der Waals surface area contributed by atoms with E-state index in [-0.39, 0.29) is 5.56 Å². The van der Waals surface area contributed by atoms with Gasteiger partial charge in [0.05, 0.1) is 19.2 Å². The van der Waals surface area contributed by atoms with Gasteiger partial charge < -0.3 is 9.90 Å². The number of amidine groups is 1. The van der Waals surface area contributed by atoms with Gasteiger partial charge in [0.1, 0.15) is 6.20 Å². The van der Waals surface area contributed by atoms with Crippen LogP contribution in [0.15, 0.2) is 47.7 Å². The predicted octanol–water partition coefficient (Wildman–Crippen LogP) is -0.155. The first-order valence-electron chi connectivity index (χ1n) is 5.48. The molecule has 1 aliphatic heterocycles. The fraction of sp³-hybridized carbons (Fsp3) is 0.231. The molecule has 1 aliphatic rings. The number of carboxylic acids is 1. The van der Waals surface area contributed by atoms with Crippen molar-refractivity contribution in [2.24, 2.45) is 4.99 Å². The highest BCUT2D eigenvalue weighted by molar-refractivity contribution is 5.85. The van der Waals surface area contributed by atoms with Crippen LogP contribution in [0.25, 0.3) is 0 Å². The van der Waals surface area contributed by atoms with Gasteiger partial charge in [0.25, 0.3) is 0 Å². The number of quaternary nitrogens is 1. The van der Waals surface area contributed by atoms with E-state index in [0.29, 0.717) is 0 Å². The lowest BCUT2D eigenvalue weighted by Gasteiger charge is -2.00. The molecule has 90 valence electrons. The Bertz CT molecular complexity index is 424. The monoisotopic (exact) mass is 232 g/mol. The van der Waals surface area contributed by atoms with Gasteiger partial charge in [0.2, 0.25) is 5.84 Å². The van der Waals surface area contributed by atoms with E-state index in [1.807, 2.05) is 12.4 Å². The standard InChI is InChI=1S/C7H6O2.C6H10N2/c8-7(9)6-4-2-1-3-5-6;1-3-6-7-4-5-8(6)2/h1-5H,(H,8,9);4-5H,3H2,1-2H3. The molecule has 4 nitrogen and oxygen atoms in total. The van der Waals surface area contributed by atoms with Crippen molar-refractivity contribution < 1.29 is 14.8 Å². The van der Waals surface area contributed by atoms with Gasteiger partial charge in [-0.3, -0.25) is 4.90 Å². The third kappa shape index (κ3) is 4.20. The lowest BCUT2D eigenvalue weighted by Crippen LogP contribution is -3.06. The van der Waals surface area contributed by atoms with Crippen LogP contribution in [-0.4, -0.2) is 18.9 Å². The van der Waals surface area contributed by atoms with Crippen molar-refractivity contribution in [2.45, 2.75) is 13.3 Å². The van der Waals surface area contributed by atoms with E-state index in [1.165, 1.54) is 22.9 Å². The summed E-state index contributed by atoms with van der Waals surface area (Å²) in [6, 6.07) is 8.06. The molecular formula is C13H16N2O2. The molecule has 0 saturated carbocycles.